The summed E-state index contributed by atoms with van der Waals surface area (Å²) in [6.07, 6.45) is 7.95. The molecule has 7 aliphatic rings. The minimum Gasteiger partial charge on any atom is -0.444 e. The average molecular weight is 772 g/mol. The Labute approximate surface area is 329 Å². The molecule has 9 heteroatoms. The highest BCUT2D eigenvalue weighted by Crippen LogP contribution is 2.89. The number of nitrogens with zero attached hydrogens (tertiary/aromatic N) is 1. The van der Waals surface area contributed by atoms with E-state index in [2.05, 4.69) is 62.0 Å². The second-order valence-corrected chi connectivity index (χ2v) is 26.3. The SMILES string of the molecule is C=C(C)[C@@H](O)[C@H]1C[C@@H](C)[C@H]2[C@H](O1)[C@H](O[Si](CC)(CC)CC)[C@@]1(C)[C@@H]3CC[C@H]4C(C)(C)[C@@H](O[C@H]5CN(C(=O)OC(C)(C)C)CCO5)CCC45C[C@@]35CC[C@]21C. The maximum Gasteiger partial charge on any atom is 0.410 e. The van der Waals surface area contributed by atoms with Crippen molar-refractivity contribution in [2.24, 2.45) is 50.7 Å². The molecule has 7 rings (SSSR count). The lowest BCUT2D eigenvalue weighted by Gasteiger charge is -2.64. The number of fused-ring (bicyclic) bond motifs is 4. The third kappa shape index (κ3) is 5.99. The van der Waals surface area contributed by atoms with Crippen molar-refractivity contribution in [1.29, 1.82) is 0 Å². The Morgan fingerprint density at radius 3 is 2.28 bits per heavy atom. The van der Waals surface area contributed by atoms with Gasteiger partial charge in [-0.25, -0.2) is 4.79 Å². The van der Waals surface area contributed by atoms with Crippen LogP contribution in [0.3, 0.4) is 0 Å². The molecule has 54 heavy (non-hydrogen) atoms. The maximum absolute atomic E-state index is 13.0. The molecular weight excluding hydrogens is 695 g/mol. The molecule has 0 aromatic heterocycles. The molecule has 0 aromatic carbocycles. The summed E-state index contributed by atoms with van der Waals surface area (Å²) in [7, 11) is -2.01. The van der Waals surface area contributed by atoms with Crippen LogP contribution in [0, 0.1) is 50.7 Å². The molecule has 5 saturated carbocycles. The molecule has 0 radical (unpaired) electrons. The van der Waals surface area contributed by atoms with Crippen LogP contribution in [-0.4, -0.2) is 86.5 Å². The zero-order valence-corrected chi connectivity index (χ0v) is 37.2. The molecule has 1 unspecified atom stereocenters. The van der Waals surface area contributed by atoms with Crippen molar-refractivity contribution in [2.75, 3.05) is 19.7 Å². The van der Waals surface area contributed by atoms with Crippen molar-refractivity contribution < 1.29 is 33.3 Å². The summed E-state index contributed by atoms with van der Waals surface area (Å²) >= 11 is 0. The number of morpholine rings is 1. The van der Waals surface area contributed by atoms with Crippen molar-refractivity contribution in [3.63, 3.8) is 0 Å². The summed E-state index contributed by atoms with van der Waals surface area (Å²) in [5.41, 5.74) is 1.01. The van der Waals surface area contributed by atoms with E-state index in [4.69, 9.17) is 23.4 Å². The van der Waals surface area contributed by atoms with Gasteiger partial charge in [0.15, 0.2) is 14.6 Å². The Balaban J connectivity index is 1.17. The smallest absolute Gasteiger partial charge is 0.410 e. The molecule has 5 aliphatic carbocycles. The minimum absolute atomic E-state index is 0.00170. The summed E-state index contributed by atoms with van der Waals surface area (Å²) < 4.78 is 33.9. The Bertz CT molecular complexity index is 1430. The van der Waals surface area contributed by atoms with E-state index in [1.54, 1.807) is 4.90 Å². The van der Waals surface area contributed by atoms with Crippen LogP contribution in [0.5, 0.6) is 0 Å². The Hall–Kier alpha value is -0.973. The van der Waals surface area contributed by atoms with Crippen molar-refractivity contribution in [2.45, 2.75) is 195 Å². The summed E-state index contributed by atoms with van der Waals surface area (Å²) in [4.78, 5) is 14.7. The monoisotopic (exact) mass is 772 g/mol. The van der Waals surface area contributed by atoms with E-state index in [0.29, 0.717) is 54.2 Å². The number of ether oxygens (including phenoxy) is 4. The minimum atomic E-state index is -2.01. The predicted octanol–water partition coefficient (Wildman–Crippen LogP) is 9.74. The van der Waals surface area contributed by atoms with Crippen LogP contribution in [0.2, 0.25) is 18.1 Å². The van der Waals surface area contributed by atoms with Crippen molar-refractivity contribution in [1.82, 2.24) is 4.90 Å². The lowest BCUT2D eigenvalue weighted by atomic mass is 9.41. The molecule has 1 amide bonds. The fraction of sp³-hybridized carbons (Fsp3) is 0.933. The van der Waals surface area contributed by atoms with Crippen LogP contribution in [0.4, 0.5) is 4.79 Å². The topological polar surface area (TPSA) is 86.7 Å². The highest BCUT2D eigenvalue weighted by Gasteiger charge is 2.85. The molecule has 1 N–H and O–H groups in total. The van der Waals surface area contributed by atoms with Crippen LogP contribution < -0.4 is 0 Å². The Morgan fingerprint density at radius 1 is 1.00 bits per heavy atom. The number of aliphatic hydroxyl groups excluding tert-OH is 1. The molecule has 7 fully saturated rings. The van der Waals surface area contributed by atoms with Crippen LogP contribution in [0.15, 0.2) is 12.2 Å². The lowest BCUT2D eigenvalue weighted by molar-refractivity contribution is -0.246. The van der Waals surface area contributed by atoms with Gasteiger partial charge in [-0.05, 0) is 148 Å². The van der Waals surface area contributed by atoms with Gasteiger partial charge in [-0.1, -0.05) is 62.0 Å². The summed E-state index contributed by atoms with van der Waals surface area (Å²) in [6, 6.07) is 3.39. The first-order chi connectivity index (χ1) is 25.2. The zero-order valence-electron chi connectivity index (χ0n) is 36.2. The molecular formula is C45H77NO7Si. The molecule has 308 valence electrons. The third-order valence-corrected chi connectivity index (χ3v) is 22.5. The number of aliphatic hydroxyl groups is 1. The molecule has 2 aliphatic heterocycles. The van der Waals surface area contributed by atoms with Crippen LogP contribution >= 0.6 is 0 Å². The van der Waals surface area contributed by atoms with Crippen LogP contribution in [0.25, 0.3) is 0 Å². The summed E-state index contributed by atoms with van der Waals surface area (Å²) in [5, 5.41) is 11.4. The predicted molar refractivity (Wildman–Crippen MR) is 215 cm³/mol. The van der Waals surface area contributed by atoms with Gasteiger partial charge in [0.25, 0.3) is 0 Å². The number of carbonyl (C=O) groups excluding carboxylic acids is 1. The van der Waals surface area contributed by atoms with Gasteiger partial charge in [0, 0.05) is 12.0 Å². The van der Waals surface area contributed by atoms with E-state index < -0.39 is 26.3 Å². The van der Waals surface area contributed by atoms with E-state index >= 15 is 0 Å². The number of carbonyl (C=O) groups is 1. The normalized spacial score (nSPS) is 45.9. The van der Waals surface area contributed by atoms with Gasteiger partial charge in [-0.2, -0.15) is 0 Å². The number of rotatable bonds is 9. The average Bonchev–Trinajstić information content (AvgIpc) is 3.74. The first kappa shape index (κ1) is 41.2. The van der Waals surface area contributed by atoms with Gasteiger partial charge < -0.3 is 33.4 Å². The summed E-state index contributed by atoms with van der Waals surface area (Å²) in [6.45, 7) is 33.0. The fourth-order valence-corrected chi connectivity index (χ4v) is 17.8. The van der Waals surface area contributed by atoms with Gasteiger partial charge in [0.05, 0.1) is 37.6 Å². The summed E-state index contributed by atoms with van der Waals surface area (Å²) in [5.74, 6) is 2.03. The molecule has 0 aromatic rings. The van der Waals surface area contributed by atoms with E-state index in [9.17, 15) is 9.90 Å². The molecule has 0 bridgehead atoms. The largest absolute Gasteiger partial charge is 0.444 e. The zero-order chi connectivity index (χ0) is 39.4. The first-order valence-corrected chi connectivity index (χ1v) is 24.6. The van der Waals surface area contributed by atoms with Gasteiger partial charge in [-0.3, -0.25) is 0 Å². The van der Waals surface area contributed by atoms with Crippen molar-refractivity contribution in [3.8, 4) is 0 Å². The van der Waals surface area contributed by atoms with Gasteiger partial charge in [0.2, 0.25) is 0 Å². The van der Waals surface area contributed by atoms with Crippen molar-refractivity contribution >= 4 is 14.4 Å². The Kier molecular flexibility index (Phi) is 10.5. The quantitative estimate of drug-likeness (QED) is 0.185. The van der Waals surface area contributed by atoms with Gasteiger partial charge in [-0.15, -0.1) is 0 Å². The highest BCUT2D eigenvalue weighted by atomic mass is 28.4. The fourth-order valence-electron chi connectivity index (χ4n) is 14.9. The third-order valence-electron chi connectivity index (χ3n) is 17.9. The van der Waals surface area contributed by atoms with E-state index in [1.807, 2.05) is 27.7 Å². The molecule has 14 atom stereocenters. The molecule has 8 nitrogen and oxygen atoms in total. The number of hydrogen-bond acceptors (Lipinski definition) is 7. The molecule has 2 heterocycles. The standard InChI is InChI=1S/C45H77NO7Si/c1-14-54(15-2,16-3)53-38-37-35(29(6)25-30(50-37)36(47)28(4)5)42(12)21-22-45-27-44(45)20-19-33(41(10,11)31(44)17-18-32(45)43(38,42)13)51-34-26-46(23-24-49-34)39(48)52-40(7,8)9/h29-38,47H,4,14-27H2,1-3,5-13H3/t29-,30-,31+,32+,33+,34+,35+,36-,37+,38+,42-,43-,44?,45+/m1/s1. The van der Waals surface area contributed by atoms with Crippen LogP contribution in [0.1, 0.15) is 134 Å². The second-order valence-electron chi connectivity index (χ2n) is 21.5. The van der Waals surface area contributed by atoms with Gasteiger partial charge >= 0.3 is 6.09 Å². The second kappa shape index (κ2) is 13.8. The Morgan fingerprint density at radius 2 is 1.65 bits per heavy atom. The van der Waals surface area contributed by atoms with Crippen molar-refractivity contribution in [3.05, 3.63) is 12.2 Å². The highest BCUT2D eigenvalue weighted by molar-refractivity contribution is 6.73. The van der Waals surface area contributed by atoms with Gasteiger partial charge in [0.1, 0.15) is 11.7 Å². The molecule has 2 saturated heterocycles. The van der Waals surface area contributed by atoms with Crippen LogP contribution in [-0.2, 0) is 23.4 Å². The van der Waals surface area contributed by atoms with E-state index in [1.165, 1.54) is 38.5 Å². The lowest BCUT2D eigenvalue weighted by Crippen LogP contribution is -2.61. The first-order valence-electron chi connectivity index (χ1n) is 22.1. The number of amides is 1. The van der Waals surface area contributed by atoms with E-state index in [-0.39, 0.29) is 46.8 Å². The van der Waals surface area contributed by atoms with E-state index in [0.717, 1.165) is 36.5 Å². The maximum atomic E-state index is 13.0. The molecule has 2 spiro atoms. The number of hydrogen-bond donors (Lipinski definition) is 1.